The first-order chi connectivity index (χ1) is 11.6. The van der Waals surface area contributed by atoms with E-state index in [4.69, 9.17) is 16.3 Å². The van der Waals surface area contributed by atoms with Crippen molar-refractivity contribution in [3.63, 3.8) is 0 Å². The number of rotatable bonds is 3. The molecule has 140 valence electrons. The average molecular weight is 436 g/mol. The van der Waals surface area contributed by atoms with Crippen molar-refractivity contribution in [2.75, 3.05) is 20.1 Å². The number of hydrogen-bond donors (Lipinski definition) is 0. The minimum Gasteiger partial charge on any atom is -0.444 e. The standard InChI is InChI=1S/C18H25BrClFN2O2/c1-18(2,3)25-17(24)22(4)13-5-7-23(8-6-13)11-12-9-16(21)14(19)10-15(12)20/h9-10,13H,5-8,11H2,1-4H3. The summed E-state index contributed by atoms with van der Waals surface area (Å²) in [6, 6.07) is 3.23. The molecule has 0 atom stereocenters. The van der Waals surface area contributed by atoms with E-state index in [1.165, 1.54) is 6.07 Å². The van der Waals surface area contributed by atoms with Crippen LogP contribution in [0.25, 0.3) is 0 Å². The molecule has 1 aliphatic rings. The minimum atomic E-state index is -0.492. The topological polar surface area (TPSA) is 32.8 Å². The predicted octanol–water partition coefficient (Wildman–Crippen LogP) is 5.07. The summed E-state index contributed by atoms with van der Waals surface area (Å²) in [5.41, 5.74) is 0.287. The molecule has 0 aromatic heterocycles. The van der Waals surface area contributed by atoms with Gasteiger partial charge in [-0.3, -0.25) is 4.90 Å². The number of likely N-dealkylation sites (tertiary alicyclic amines) is 1. The lowest BCUT2D eigenvalue weighted by atomic mass is 10.0. The van der Waals surface area contributed by atoms with E-state index in [1.54, 1.807) is 18.0 Å². The van der Waals surface area contributed by atoms with Gasteiger partial charge >= 0.3 is 6.09 Å². The molecule has 1 heterocycles. The number of piperidine rings is 1. The van der Waals surface area contributed by atoms with Gasteiger partial charge in [-0.15, -0.1) is 0 Å². The molecule has 0 N–H and O–H groups in total. The fourth-order valence-electron chi connectivity index (χ4n) is 2.87. The van der Waals surface area contributed by atoms with E-state index in [0.717, 1.165) is 31.5 Å². The monoisotopic (exact) mass is 434 g/mol. The Labute approximate surface area is 162 Å². The third kappa shape index (κ3) is 5.83. The van der Waals surface area contributed by atoms with Crippen LogP contribution in [-0.2, 0) is 11.3 Å². The molecule has 0 unspecified atom stereocenters. The molecule has 1 aromatic carbocycles. The Kier molecular flexibility index (Phi) is 6.74. The normalized spacial score (nSPS) is 16.8. The highest BCUT2D eigenvalue weighted by Crippen LogP contribution is 2.27. The summed E-state index contributed by atoms with van der Waals surface area (Å²) in [7, 11) is 1.79. The zero-order chi connectivity index (χ0) is 18.8. The second-order valence-corrected chi connectivity index (χ2v) is 8.72. The summed E-state index contributed by atoms with van der Waals surface area (Å²) in [6.45, 7) is 7.84. The number of nitrogens with zero attached hydrogens (tertiary/aromatic N) is 2. The molecule has 1 amide bonds. The maximum Gasteiger partial charge on any atom is 0.410 e. The van der Waals surface area contributed by atoms with Crippen molar-refractivity contribution in [3.8, 4) is 0 Å². The largest absolute Gasteiger partial charge is 0.444 e. The van der Waals surface area contributed by atoms with E-state index in [2.05, 4.69) is 20.8 Å². The predicted molar refractivity (Wildman–Crippen MR) is 101 cm³/mol. The summed E-state index contributed by atoms with van der Waals surface area (Å²) in [5.74, 6) is -0.307. The van der Waals surface area contributed by atoms with Gasteiger partial charge < -0.3 is 9.64 Å². The van der Waals surface area contributed by atoms with E-state index in [9.17, 15) is 9.18 Å². The lowest BCUT2D eigenvalue weighted by molar-refractivity contribution is 0.0149. The first-order valence-corrected chi connectivity index (χ1v) is 9.55. The van der Waals surface area contributed by atoms with Crippen molar-refractivity contribution in [1.82, 2.24) is 9.80 Å². The minimum absolute atomic E-state index is 0.156. The van der Waals surface area contributed by atoms with Gasteiger partial charge in [0.2, 0.25) is 0 Å². The number of halogens is 3. The Morgan fingerprint density at radius 3 is 2.56 bits per heavy atom. The van der Waals surface area contributed by atoms with Crippen LogP contribution in [0.2, 0.25) is 5.02 Å². The summed E-state index contributed by atoms with van der Waals surface area (Å²) in [5, 5.41) is 0.557. The molecule has 2 rings (SSSR count). The van der Waals surface area contributed by atoms with E-state index < -0.39 is 5.60 Å². The van der Waals surface area contributed by atoms with Crippen LogP contribution in [0, 0.1) is 5.82 Å². The Hall–Kier alpha value is -0.850. The fraction of sp³-hybridized carbons (Fsp3) is 0.611. The zero-order valence-corrected chi connectivity index (χ0v) is 17.5. The number of benzene rings is 1. The molecule has 1 aliphatic heterocycles. The Morgan fingerprint density at radius 2 is 2.00 bits per heavy atom. The second-order valence-electron chi connectivity index (χ2n) is 7.46. The van der Waals surface area contributed by atoms with Gasteiger partial charge in [-0.1, -0.05) is 11.6 Å². The maximum atomic E-state index is 13.7. The van der Waals surface area contributed by atoms with E-state index in [-0.39, 0.29) is 18.0 Å². The quantitative estimate of drug-likeness (QED) is 0.621. The zero-order valence-electron chi connectivity index (χ0n) is 15.1. The summed E-state index contributed by atoms with van der Waals surface area (Å²) >= 11 is 9.35. The van der Waals surface area contributed by atoms with Crippen LogP contribution >= 0.6 is 27.5 Å². The molecule has 0 saturated carbocycles. The Morgan fingerprint density at radius 1 is 1.40 bits per heavy atom. The van der Waals surface area contributed by atoms with Gasteiger partial charge in [0, 0.05) is 37.7 Å². The number of ether oxygens (including phenoxy) is 1. The number of hydrogen-bond acceptors (Lipinski definition) is 3. The van der Waals surface area contributed by atoms with Crippen molar-refractivity contribution in [1.29, 1.82) is 0 Å². The number of carbonyl (C=O) groups is 1. The molecule has 1 saturated heterocycles. The highest BCUT2D eigenvalue weighted by atomic mass is 79.9. The lowest BCUT2D eigenvalue weighted by Gasteiger charge is -2.37. The fourth-order valence-corrected chi connectivity index (χ4v) is 3.57. The number of carbonyl (C=O) groups excluding carboxylic acids is 1. The molecular formula is C18H25BrClFN2O2. The third-order valence-electron chi connectivity index (χ3n) is 4.27. The lowest BCUT2D eigenvalue weighted by Crippen LogP contribution is -2.46. The van der Waals surface area contributed by atoms with Crippen molar-refractivity contribution < 1.29 is 13.9 Å². The van der Waals surface area contributed by atoms with Crippen LogP contribution in [0.5, 0.6) is 0 Å². The highest BCUT2D eigenvalue weighted by molar-refractivity contribution is 9.10. The highest BCUT2D eigenvalue weighted by Gasteiger charge is 2.28. The van der Waals surface area contributed by atoms with Gasteiger partial charge in [0.15, 0.2) is 0 Å². The summed E-state index contributed by atoms with van der Waals surface area (Å²) < 4.78 is 19.5. The van der Waals surface area contributed by atoms with Gasteiger partial charge in [-0.25, -0.2) is 9.18 Å². The first kappa shape index (κ1) is 20.5. The molecule has 0 bridgehead atoms. The second kappa shape index (κ2) is 8.23. The van der Waals surface area contributed by atoms with Gasteiger partial charge in [-0.2, -0.15) is 0 Å². The first-order valence-electron chi connectivity index (χ1n) is 8.38. The molecule has 0 radical (unpaired) electrons. The number of amides is 1. The van der Waals surface area contributed by atoms with Gasteiger partial charge in [0.1, 0.15) is 11.4 Å². The molecule has 0 spiro atoms. The van der Waals surface area contributed by atoms with Crippen LogP contribution in [0.1, 0.15) is 39.2 Å². The van der Waals surface area contributed by atoms with E-state index in [0.29, 0.717) is 16.0 Å². The summed E-state index contributed by atoms with van der Waals surface area (Å²) in [4.78, 5) is 16.1. The molecule has 1 fully saturated rings. The third-order valence-corrected chi connectivity index (χ3v) is 5.23. The average Bonchev–Trinajstić information content (AvgIpc) is 2.51. The van der Waals surface area contributed by atoms with Crippen molar-refractivity contribution in [3.05, 3.63) is 33.0 Å². The molecule has 1 aromatic rings. The van der Waals surface area contributed by atoms with Gasteiger partial charge in [-0.05, 0) is 67.2 Å². The maximum absolute atomic E-state index is 13.7. The SMILES string of the molecule is CN(C(=O)OC(C)(C)C)C1CCN(Cc2cc(F)c(Br)cc2Cl)CC1. The Balaban J connectivity index is 1.89. The smallest absolute Gasteiger partial charge is 0.410 e. The van der Waals surface area contributed by atoms with Crippen molar-refractivity contribution >= 4 is 33.6 Å². The Bertz CT molecular complexity index is 628. The van der Waals surface area contributed by atoms with E-state index in [1.807, 2.05) is 20.8 Å². The molecule has 25 heavy (non-hydrogen) atoms. The van der Waals surface area contributed by atoms with Crippen LogP contribution in [-0.4, -0.2) is 47.7 Å². The van der Waals surface area contributed by atoms with Gasteiger partial charge in [0.05, 0.1) is 4.47 Å². The molecule has 7 heteroatoms. The van der Waals surface area contributed by atoms with Crippen molar-refractivity contribution in [2.45, 2.75) is 51.8 Å². The molecular weight excluding hydrogens is 411 g/mol. The van der Waals surface area contributed by atoms with Crippen LogP contribution in [0.15, 0.2) is 16.6 Å². The van der Waals surface area contributed by atoms with Crippen molar-refractivity contribution in [2.24, 2.45) is 0 Å². The van der Waals surface area contributed by atoms with Crippen LogP contribution in [0.4, 0.5) is 9.18 Å². The summed E-state index contributed by atoms with van der Waals surface area (Å²) in [6.07, 6.45) is 1.42. The van der Waals surface area contributed by atoms with Crippen LogP contribution in [0.3, 0.4) is 0 Å². The van der Waals surface area contributed by atoms with E-state index >= 15 is 0 Å². The van der Waals surface area contributed by atoms with Gasteiger partial charge in [0.25, 0.3) is 0 Å². The molecule has 0 aliphatic carbocycles. The van der Waals surface area contributed by atoms with Crippen LogP contribution < -0.4 is 0 Å². The molecule has 4 nitrogen and oxygen atoms in total.